The molecule has 2 aliphatic rings. The minimum absolute atomic E-state index is 0.0396. The molecule has 4 nitrogen and oxygen atoms in total. The summed E-state index contributed by atoms with van der Waals surface area (Å²) < 4.78 is 17.0. The number of aryl methyl sites for hydroxylation is 1. The molecule has 1 aromatic rings. The predicted octanol–water partition coefficient (Wildman–Crippen LogP) is 1.23. The van der Waals surface area contributed by atoms with E-state index < -0.39 is 0 Å². The van der Waals surface area contributed by atoms with Gasteiger partial charge in [0, 0.05) is 13.1 Å². The summed E-state index contributed by atoms with van der Waals surface area (Å²) in [6, 6.07) is 4.10. The van der Waals surface area contributed by atoms with Gasteiger partial charge in [0.1, 0.15) is 11.5 Å². The van der Waals surface area contributed by atoms with Crippen molar-refractivity contribution in [3.8, 4) is 0 Å². The fraction of sp³-hybridized carbons (Fsp3) is 0.692. The van der Waals surface area contributed by atoms with Crippen LogP contribution < -0.4 is 5.32 Å². The zero-order chi connectivity index (χ0) is 11.7. The van der Waals surface area contributed by atoms with Crippen molar-refractivity contribution >= 4 is 0 Å². The van der Waals surface area contributed by atoms with Gasteiger partial charge < -0.3 is 19.2 Å². The molecule has 0 bridgehead atoms. The summed E-state index contributed by atoms with van der Waals surface area (Å²) in [5, 5.41) is 3.37. The third-order valence-corrected chi connectivity index (χ3v) is 3.64. The first-order chi connectivity index (χ1) is 8.28. The van der Waals surface area contributed by atoms with Crippen LogP contribution in [0, 0.1) is 6.92 Å². The topological polar surface area (TPSA) is 43.6 Å². The molecule has 1 aromatic heterocycles. The molecule has 0 aromatic carbocycles. The summed E-state index contributed by atoms with van der Waals surface area (Å²) in [6.07, 6.45) is 1.26. The van der Waals surface area contributed by atoms with Gasteiger partial charge in [0.2, 0.25) is 0 Å². The zero-order valence-electron chi connectivity index (χ0n) is 10.2. The monoisotopic (exact) mass is 237 g/mol. The van der Waals surface area contributed by atoms with E-state index in [1.807, 2.05) is 13.0 Å². The third kappa shape index (κ3) is 2.12. The number of hydrogen-bond acceptors (Lipinski definition) is 4. The molecule has 2 saturated heterocycles. The molecule has 2 fully saturated rings. The highest BCUT2D eigenvalue weighted by Gasteiger charge is 2.45. The molecule has 0 spiro atoms. The standard InChI is InChI=1S/C13H19NO3/c1-10-2-3-12(17-10)13(8-15-9-13)6-11-7-14-4-5-16-11/h2-3,11,14H,4-9H2,1H3. The second-order valence-corrected chi connectivity index (χ2v) is 5.08. The Morgan fingerprint density at radius 3 is 2.82 bits per heavy atom. The summed E-state index contributed by atoms with van der Waals surface area (Å²) in [5.74, 6) is 2.02. The molecule has 94 valence electrons. The first-order valence-corrected chi connectivity index (χ1v) is 6.25. The minimum atomic E-state index is 0.0396. The fourth-order valence-corrected chi connectivity index (χ4v) is 2.62. The summed E-state index contributed by atoms with van der Waals surface area (Å²) in [7, 11) is 0. The predicted molar refractivity (Wildman–Crippen MR) is 63.2 cm³/mol. The summed E-state index contributed by atoms with van der Waals surface area (Å²) in [4.78, 5) is 0. The van der Waals surface area contributed by atoms with Crippen molar-refractivity contribution in [1.82, 2.24) is 5.32 Å². The largest absolute Gasteiger partial charge is 0.466 e. The molecule has 2 aliphatic heterocycles. The molecule has 0 saturated carbocycles. The van der Waals surface area contributed by atoms with E-state index in [0.717, 1.165) is 50.9 Å². The van der Waals surface area contributed by atoms with Crippen LogP contribution in [0.4, 0.5) is 0 Å². The maximum absolute atomic E-state index is 5.78. The first-order valence-electron chi connectivity index (χ1n) is 6.25. The first kappa shape index (κ1) is 11.3. The van der Waals surface area contributed by atoms with Gasteiger partial charge in [-0.1, -0.05) is 0 Å². The van der Waals surface area contributed by atoms with E-state index in [1.54, 1.807) is 0 Å². The van der Waals surface area contributed by atoms with Gasteiger partial charge in [-0.3, -0.25) is 0 Å². The van der Waals surface area contributed by atoms with Gasteiger partial charge in [-0.05, 0) is 25.5 Å². The molecule has 4 heteroatoms. The molecular formula is C13H19NO3. The molecule has 1 unspecified atom stereocenters. The van der Waals surface area contributed by atoms with Gasteiger partial charge in [0.15, 0.2) is 0 Å². The van der Waals surface area contributed by atoms with Crippen LogP contribution >= 0.6 is 0 Å². The van der Waals surface area contributed by atoms with Crippen molar-refractivity contribution in [3.63, 3.8) is 0 Å². The summed E-state index contributed by atoms with van der Waals surface area (Å²) >= 11 is 0. The Labute approximate surface area is 101 Å². The lowest BCUT2D eigenvalue weighted by atomic mass is 9.78. The lowest BCUT2D eigenvalue weighted by molar-refractivity contribution is -0.102. The minimum Gasteiger partial charge on any atom is -0.466 e. The molecule has 0 aliphatic carbocycles. The van der Waals surface area contributed by atoms with Gasteiger partial charge in [-0.25, -0.2) is 0 Å². The maximum Gasteiger partial charge on any atom is 0.115 e. The van der Waals surface area contributed by atoms with E-state index >= 15 is 0 Å². The van der Waals surface area contributed by atoms with Gasteiger partial charge in [-0.15, -0.1) is 0 Å². The molecule has 3 rings (SSSR count). The van der Waals surface area contributed by atoms with Crippen molar-refractivity contribution in [1.29, 1.82) is 0 Å². The van der Waals surface area contributed by atoms with Crippen molar-refractivity contribution in [2.75, 3.05) is 32.9 Å². The molecular weight excluding hydrogens is 218 g/mol. The van der Waals surface area contributed by atoms with Crippen molar-refractivity contribution in [3.05, 3.63) is 23.7 Å². The number of morpholine rings is 1. The molecule has 0 amide bonds. The van der Waals surface area contributed by atoms with E-state index in [4.69, 9.17) is 13.9 Å². The van der Waals surface area contributed by atoms with Crippen LogP contribution in [-0.4, -0.2) is 39.0 Å². The summed E-state index contributed by atoms with van der Waals surface area (Å²) in [6.45, 7) is 6.18. The Morgan fingerprint density at radius 2 is 2.29 bits per heavy atom. The van der Waals surface area contributed by atoms with E-state index in [2.05, 4.69) is 11.4 Å². The Hall–Kier alpha value is -0.840. The van der Waals surface area contributed by atoms with Crippen LogP contribution in [0.25, 0.3) is 0 Å². The van der Waals surface area contributed by atoms with Crippen LogP contribution in [0.3, 0.4) is 0 Å². The number of hydrogen-bond donors (Lipinski definition) is 1. The average molecular weight is 237 g/mol. The molecule has 17 heavy (non-hydrogen) atoms. The third-order valence-electron chi connectivity index (χ3n) is 3.64. The van der Waals surface area contributed by atoms with Gasteiger partial charge in [0.05, 0.1) is 31.3 Å². The Bertz CT molecular complexity index is 378. The smallest absolute Gasteiger partial charge is 0.115 e. The fourth-order valence-electron chi connectivity index (χ4n) is 2.62. The zero-order valence-corrected chi connectivity index (χ0v) is 10.2. The van der Waals surface area contributed by atoms with E-state index in [0.29, 0.717) is 0 Å². The van der Waals surface area contributed by atoms with Gasteiger partial charge in [0.25, 0.3) is 0 Å². The van der Waals surface area contributed by atoms with Crippen molar-refractivity contribution in [2.24, 2.45) is 0 Å². The van der Waals surface area contributed by atoms with Crippen LogP contribution in [0.2, 0.25) is 0 Å². The highest BCUT2D eigenvalue weighted by molar-refractivity contribution is 5.20. The van der Waals surface area contributed by atoms with Gasteiger partial charge in [-0.2, -0.15) is 0 Å². The SMILES string of the molecule is Cc1ccc(C2(CC3CNCCO3)COC2)o1. The van der Waals surface area contributed by atoms with Crippen molar-refractivity contribution in [2.45, 2.75) is 24.9 Å². The van der Waals surface area contributed by atoms with Crippen LogP contribution in [0.15, 0.2) is 16.5 Å². The van der Waals surface area contributed by atoms with E-state index in [-0.39, 0.29) is 11.5 Å². The number of furan rings is 1. The molecule has 0 radical (unpaired) electrons. The summed E-state index contributed by atoms with van der Waals surface area (Å²) in [5.41, 5.74) is 0.0396. The molecule has 1 N–H and O–H groups in total. The van der Waals surface area contributed by atoms with Crippen LogP contribution in [-0.2, 0) is 14.9 Å². The Kier molecular flexibility index (Phi) is 2.94. The maximum atomic E-state index is 5.78. The van der Waals surface area contributed by atoms with Crippen LogP contribution in [0.5, 0.6) is 0 Å². The highest BCUT2D eigenvalue weighted by atomic mass is 16.5. The van der Waals surface area contributed by atoms with Crippen molar-refractivity contribution < 1.29 is 13.9 Å². The van der Waals surface area contributed by atoms with Crippen LogP contribution in [0.1, 0.15) is 17.9 Å². The number of nitrogens with one attached hydrogen (secondary N) is 1. The molecule has 1 atom stereocenters. The molecule has 3 heterocycles. The Morgan fingerprint density at radius 1 is 1.41 bits per heavy atom. The highest BCUT2D eigenvalue weighted by Crippen LogP contribution is 2.38. The lowest BCUT2D eigenvalue weighted by Gasteiger charge is -2.42. The second-order valence-electron chi connectivity index (χ2n) is 5.08. The Balaban J connectivity index is 1.73. The van der Waals surface area contributed by atoms with E-state index in [9.17, 15) is 0 Å². The van der Waals surface area contributed by atoms with E-state index in [1.165, 1.54) is 0 Å². The average Bonchev–Trinajstić information content (AvgIpc) is 2.72. The lowest BCUT2D eigenvalue weighted by Crippen LogP contribution is -2.51. The number of ether oxygens (including phenoxy) is 2. The van der Waals surface area contributed by atoms with Gasteiger partial charge >= 0.3 is 0 Å². The quantitative estimate of drug-likeness (QED) is 0.859. The number of rotatable bonds is 3. The second kappa shape index (κ2) is 4.44. The normalized spacial score (nSPS) is 27.7.